The number of hydrogen-bond acceptors (Lipinski definition) is 4. The van der Waals surface area contributed by atoms with Crippen molar-refractivity contribution in [2.45, 2.75) is 13.0 Å². The fourth-order valence-corrected chi connectivity index (χ4v) is 2.86. The summed E-state index contributed by atoms with van der Waals surface area (Å²) in [6.07, 6.45) is 0. The number of benzene rings is 1. The van der Waals surface area contributed by atoms with E-state index < -0.39 is 4.92 Å². The Kier molecular flexibility index (Phi) is 6.40. The van der Waals surface area contributed by atoms with E-state index in [0.717, 1.165) is 0 Å². The predicted octanol–water partition coefficient (Wildman–Crippen LogP) is 2.87. The van der Waals surface area contributed by atoms with Crippen LogP contribution in [0.3, 0.4) is 0 Å². The molecule has 1 aromatic carbocycles. The summed E-state index contributed by atoms with van der Waals surface area (Å²) >= 11 is 9.17. The van der Waals surface area contributed by atoms with Crippen LogP contribution in [0.25, 0.3) is 0 Å². The third-order valence-electron chi connectivity index (χ3n) is 3.10. The molecule has 0 radical (unpaired) electrons. The number of piperazine rings is 1. The third-order valence-corrected chi connectivity index (χ3v) is 3.96. The van der Waals surface area contributed by atoms with Gasteiger partial charge >= 0.3 is 0 Å². The SMILES string of the molecule is C[C@@H]1CN(C(=O)c2cc(Br)cc([N+](=O)[O-])c2Cl)CCN1.Cl. The van der Waals surface area contributed by atoms with Crippen molar-refractivity contribution in [1.29, 1.82) is 0 Å². The molecule has 2 rings (SSSR count). The van der Waals surface area contributed by atoms with Gasteiger partial charge in [0.2, 0.25) is 0 Å². The second-order valence-corrected chi connectivity index (χ2v) is 5.94. The maximum absolute atomic E-state index is 12.5. The van der Waals surface area contributed by atoms with Gasteiger partial charge < -0.3 is 10.2 Å². The Bertz CT molecular complexity index is 571. The summed E-state index contributed by atoms with van der Waals surface area (Å²) < 4.78 is 0.458. The Morgan fingerprint density at radius 1 is 1.57 bits per heavy atom. The van der Waals surface area contributed by atoms with Crippen LogP contribution in [-0.4, -0.2) is 41.4 Å². The van der Waals surface area contributed by atoms with E-state index in [1.165, 1.54) is 12.1 Å². The molecule has 1 saturated heterocycles. The van der Waals surface area contributed by atoms with Gasteiger partial charge in [-0.25, -0.2) is 0 Å². The number of halogens is 3. The molecule has 1 amide bonds. The van der Waals surface area contributed by atoms with Crippen LogP contribution in [0.1, 0.15) is 17.3 Å². The van der Waals surface area contributed by atoms with E-state index in [9.17, 15) is 14.9 Å². The highest BCUT2D eigenvalue weighted by molar-refractivity contribution is 9.10. The second-order valence-electron chi connectivity index (χ2n) is 4.65. The average Bonchev–Trinajstić information content (AvgIpc) is 2.40. The van der Waals surface area contributed by atoms with Crippen LogP contribution < -0.4 is 5.32 Å². The van der Waals surface area contributed by atoms with Gasteiger partial charge in [0.05, 0.1) is 10.5 Å². The molecule has 1 atom stereocenters. The zero-order valence-electron chi connectivity index (χ0n) is 11.1. The number of hydrogen-bond donors (Lipinski definition) is 1. The number of nitrogens with zero attached hydrogens (tertiary/aromatic N) is 2. The Morgan fingerprint density at radius 3 is 2.81 bits per heavy atom. The Hall–Kier alpha value is -0.890. The van der Waals surface area contributed by atoms with Crippen molar-refractivity contribution in [2.24, 2.45) is 0 Å². The molecule has 1 fully saturated rings. The summed E-state index contributed by atoms with van der Waals surface area (Å²) in [5.74, 6) is -0.284. The van der Waals surface area contributed by atoms with Gasteiger partial charge in [0.1, 0.15) is 5.02 Å². The van der Waals surface area contributed by atoms with Crippen LogP contribution in [0.15, 0.2) is 16.6 Å². The molecule has 0 saturated carbocycles. The van der Waals surface area contributed by atoms with E-state index in [2.05, 4.69) is 21.2 Å². The van der Waals surface area contributed by atoms with Gasteiger partial charge in [0.25, 0.3) is 11.6 Å². The molecule has 1 heterocycles. The quantitative estimate of drug-likeness (QED) is 0.613. The van der Waals surface area contributed by atoms with Crippen molar-refractivity contribution >= 4 is 51.5 Å². The summed E-state index contributed by atoms with van der Waals surface area (Å²) in [6, 6.07) is 3.00. The molecule has 1 aromatic rings. The fraction of sp³-hybridized carbons (Fsp3) is 0.417. The van der Waals surface area contributed by atoms with E-state index in [4.69, 9.17) is 11.6 Å². The summed E-state index contributed by atoms with van der Waals surface area (Å²) in [4.78, 5) is 24.5. The molecule has 21 heavy (non-hydrogen) atoms. The van der Waals surface area contributed by atoms with E-state index >= 15 is 0 Å². The van der Waals surface area contributed by atoms with Crippen molar-refractivity contribution in [3.63, 3.8) is 0 Å². The van der Waals surface area contributed by atoms with E-state index in [1.54, 1.807) is 4.90 Å². The number of carbonyl (C=O) groups excluding carboxylic acids is 1. The number of nitro benzene ring substituents is 1. The van der Waals surface area contributed by atoms with Crippen LogP contribution in [0.4, 0.5) is 5.69 Å². The van der Waals surface area contributed by atoms with Crippen molar-refractivity contribution < 1.29 is 9.72 Å². The highest BCUT2D eigenvalue weighted by Crippen LogP contribution is 2.32. The maximum Gasteiger partial charge on any atom is 0.289 e. The lowest BCUT2D eigenvalue weighted by Crippen LogP contribution is -2.51. The summed E-state index contributed by atoms with van der Waals surface area (Å²) in [5, 5.41) is 14.1. The maximum atomic E-state index is 12.5. The summed E-state index contributed by atoms with van der Waals surface area (Å²) in [6.45, 7) is 3.78. The lowest BCUT2D eigenvalue weighted by atomic mass is 10.1. The van der Waals surface area contributed by atoms with Crippen LogP contribution in [0.5, 0.6) is 0 Å². The minimum atomic E-state index is -0.593. The second kappa shape index (κ2) is 7.40. The van der Waals surface area contributed by atoms with Crippen molar-refractivity contribution in [3.8, 4) is 0 Å². The molecule has 6 nitrogen and oxygen atoms in total. The molecular weight excluding hydrogens is 385 g/mol. The first-order valence-electron chi connectivity index (χ1n) is 6.06. The van der Waals surface area contributed by atoms with E-state index in [-0.39, 0.29) is 40.6 Å². The minimum absolute atomic E-state index is 0. The third kappa shape index (κ3) is 4.06. The standard InChI is InChI=1S/C12H13BrClN3O3.ClH/c1-7-6-16(3-2-15-7)12(18)9-4-8(13)5-10(11(9)14)17(19)20;/h4-5,7,15H,2-3,6H2,1H3;1H/t7-;/m1./s1. The minimum Gasteiger partial charge on any atom is -0.336 e. The highest BCUT2D eigenvalue weighted by Gasteiger charge is 2.27. The number of rotatable bonds is 2. The first kappa shape index (κ1) is 18.2. The molecule has 1 aliphatic heterocycles. The summed E-state index contributed by atoms with van der Waals surface area (Å²) in [5.41, 5.74) is -0.116. The number of nitro groups is 1. The van der Waals surface area contributed by atoms with Gasteiger partial charge in [-0.1, -0.05) is 27.5 Å². The first-order chi connectivity index (χ1) is 9.40. The van der Waals surface area contributed by atoms with Gasteiger partial charge in [0, 0.05) is 36.2 Å². The molecule has 1 N–H and O–H groups in total. The fourth-order valence-electron chi connectivity index (χ4n) is 2.15. The van der Waals surface area contributed by atoms with Crippen molar-refractivity contribution in [2.75, 3.05) is 19.6 Å². The van der Waals surface area contributed by atoms with Crippen LogP contribution >= 0.6 is 39.9 Å². The number of amides is 1. The van der Waals surface area contributed by atoms with Crippen molar-refractivity contribution in [1.82, 2.24) is 10.2 Å². The van der Waals surface area contributed by atoms with Crippen molar-refractivity contribution in [3.05, 3.63) is 37.3 Å². The largest absolute Gasteiger partial charge is 0.336 e. The summed E-state index contributed by atoms with van der Waals surface area (Å²) in [7, 11) is 0. The van der Waals surface area contributed by atoms with Gasteiger partial charge in [0.15, 0.2) is 0 Å². The van der Waals surface area contributed by atoms with E-state index in [1.807, 2.05) is 6.92 Å². The zero-order valence-corrected chi connectivity index (χ0v) is 14.3. The molecule has 116 valence electrons. The highest BCUT2D eigenvalue weighted by atomic mass is 79.9. The van der Waals surface area contributed by atoms with Gasteiger partial charge in [-0.15, -0.1) is 12.4 Å². The lowest BCUT2D eigenvalue weighted by Gasteiger charge is -2.32. The van der Waals surface area contributed by atoms with Gasteiger partial charge in [-0.3, -0.25) is 14.9 Å². The van der Waals surface area contributed by atoms with E-state index in [0.29, 0.717) is 24.1 Å². The lowest BCUT2D eigenvalue weighted by molar-refractivity contribution is -0.384. The topological polar surface area (TPSA) is 75.5 Å². The Labute approximate surface area is 141 Å². The molecule has 0 aromatic heterocycles. The Balaban J connectivity index is 0.00000220. The number of carbonyl (C=O) groups is 1. The smallest absolute Gasteiger partial charge is 0.289 e. The van der Waals surface area contributed by atoms with Gasteiger partial charge in [-0.05, 0) is 13.0 Å². The van der Waals surface area contributed by atoms with Gasteiger partial charge in [-0.2, -0.15) is 0 Å². The molecule has 1 aliphatic rings. The van der Waals surface area contributed by atoms with Crippen LogP contribution in [-0.2, 0) is 0 Å². The van der Waals surface area contributed by atoms with Crippen LogP contribution in [0.2, 0.25) is 5.02 Å². The molecule has 0 spiro atoms. The van der Waals surface area contributed by atoms with Crippen LogP contribution in [0, 0.1) is 10.1 Å². The monoisotopic (exact) mass is 397 g/mol. The molecule has 9 heteroatoms. The molecule has 0 aliphatic carbocycles. The Morgan fingerprint density at radius 2 is 2.24 bits per heavy atom. The normalized spacial score (nSPS) is 18.0. The first-order valence-corrected chi connectivity index (χ1v) is 7.23. The zero-order chi connectivity index (χ0) is 14.9. The molecule has 0 unspecified atom stereocenters. The molecular formula is C12H14BrCl2N3O3. The predicted molar refractivity (Wildman–Crippen MR) is 86.4 cm³/mol. The average molecular weight is 399 g/mol. The molecule has 0 bridgehead atoms. The number of nitrogens with one attached hydrogen (secondary N) is 1.